The summed E-state index contributed by atoms with van der Waals surface area (Å²) >= 11 is 1.13. The minimum Gasteiger partial charge on any atom is -0.360 e. The first kappa shape index (κ1) is 14.8. The number of hydrogen-bond donors (Lipinski definition) is 2. The number of rotatable bonds is 6. The fourth-order valence-electron chi connectivity index (χ4n) is 1.12. The molecule has 0 aromatic carbocycles. The smallest absolute Gasteiger partial charge is 0.287 e. The maximum absolute atomic E-state index is 12.9. The molecule has 1 rings (SSSR count). The lowest BCUT2D eigenvalue weighted by molar-refractivity contribution is -0.123. The first-order valence-electron chi connectivity index (χ1n) is 5.66. The van der Waals surface area contributed by atoms with Gasteiger partial charge >= 0.3 is 0 Å². The third-order valence-electron chi connectivity index (χ3n) is 2.18. The number of anilines is 1. The highest BCUT2D eigenvalue weighted by Crippen LogP contribution is 2.29. The molecule has 2 N–H and O–H groups in total. The molecule has 1 heterocycles. The molecular weight excluding hydrogens is 260 g/mol. The SMILES string of the molecule is CC(C)C(=O)NCCNc1nc(C(C)(F)F)cs1. The predicted octanol–water partition coefficient (Wildman–Crippen LogP) is 2.44. The lowest BCUT2D eigenvalue weighted by Crippen LogP contribution is -2.31. The van der Waals surface area contributed by atoms with E-state index in [9.17, 15) is 13.6 Å². The molecule has 0 saturated heterocycles. The van der Waals surface area contributed by atoms with Gasteiger partial charge in [-0.15, -0.1) is 11.3 Å². The van der Waals surface area contributed by atoms with Crippen LogP contribution in [0, 0.1) is 5.92 Å². The fraction of sp³-hybridized carbons (Fsp3) is 0.636. The van der Waals surface area contributed by atoms with Crippen molar-refractivity contribution in [3.05, 3.63) is 11.1 Å². The number of alkyl halides is 2. The summed E-state index contributed by atoms with van der Waals surface area (Å²) in [7, 11) is 0. The van der Waals surface area contributed by atoms with E-state index in [0.29, 0.717) is 18.2 Å². The highest BCUT2D eigenvalue weighted by atomic mass is 32.1. The molecule has 0 saturated carbocycles. The van der Waals surface area contributed by atoms with E-state index < -0.39 is 5.92 Å². The van der Waals surface area contributed by atoms with E-state index in [0.717, 1.165) is 18.3 Å². The van der Waals surface area contributed by atoms with E-state index in [1.807, 2.05) is 0 Å². The number of aromatic nitrogens is 1. The Kier molecular flexibility index (Phi) is 5.01. The zero-order chi connectivity index (χ0) is 13.8. The second kappa shape index (κ2) is 6.08. The molecule has 7 heteroatoms. The summed E-state index contributed by atoms with van der Waals surface area (Å²) in [6, 6.07) is 0. The van der Waals surface area contributed by atoms with E-state index in [4.69, 9.17) is 0 Å². The third kappa shape index (κ3) is 4.56. The fourth-order valence-corrected chi connectivity index (χ4v) is 1.94. The van der Waals surface area contributed by atoms with Crippen molar-refractivity contribution >= 4 is 22.4 Å². The van der Waals surface area contributed by atoms with E-state index in [1.54, 1.807) is 13.8 Å². The molecule has 1 amide bonds. The minimum absolute atomic E-state index is 0.0308. The van der Waals surface area contributed by atoms with Crippen LogP contribution in [-0.4, -0.2) is 24.0 Å². The topological polar surface area (TPSA) is 54.0 Å². The average molecular weight is 277 g/mol. The maximum atomic E-state index is 12.9. The second-order valence-electron chi connectivity index (χ2n) is 4.30. The number of nitrogens with one attached hydrogen (secondary N) is 2. The van der Waals surface area contributed by atoms with E-state index in [-0.39, 0.29) is 17.5 Å². The Morgan fingerprint density at radius 2 is 2.17 bits per heavy atom. The Hall–Kier alpha value is -1.24. The standard InChI is InChI=1S/C11H17F2N3OS/c1-7(2)9(17)14-4-5-15-10-16-8(6-18-10)11(3,12)13/h6-7H,4-5H2,1-3H3,(H,14,17)(H,15,16). The van der Waals surface area contributed by atoms with Crippen molar-refractivity contribution in [2.24, 2.45) is 5.92 Å². The van der Waals surface area contributed by atoms with Gasteiger partial charge in [-0.25, -0.2) is 4.98 Å². The zero-order valence-electron chi connectivity index (χ0n) is 10.6. The van der Waals surface area contributed by atoms with Crippen LogP contribution in [-0.2, 0) is 10.7 Å². The number of halogens is 2. The van der Waals surface area contributed by atoms with Crippen LogP contribution >= 0.6 is 11.3 Å². The van der Waals surface area contributed by atoms with Crippen molar-refractivity contribution in [3.63, 3.8) is 0 Å². The van der Waals surface area contributed by atoms with Crippen LogP contribution in [0.2, 0.25) is 0 Å². The molecule has 0 fully saturated rings. The van der Waals surface area contributed by atoms with Crippen LogP contribution < -0.4 is 10.6 Å². The van der Waals surface area contributed by atoms with Gasteiger partial charge in [0.2, 0.25) is 5.91 Å². The molecule has 0 atom stereocenters. The highest BCUT2D eigenvalue weighted by Gasteiger charge is 2.27. The largest absolute Gasteiger partial charge is 0.360 e. The summed E-state index contributed by atoms with van der Waals surface area (Å²) < 4.78 is 25.8. The van der Waals surface area contributed by atoms with E-state index in [1.165, 1.54) is 5.38 Å². The highest BCUT2D eigenvalue weighted by molar-refractivity contribution is 7.13. The van der Waals surface area contributed by atoms with Crippen LogP contribution in [0.1, 0.15) is 26.5 Å². The predicted molar refractivity (Wildman–Crippen MR) is 68.0 cm³/mol. The number of carbonyl (C=O) groups is 1. The van der Waals surface area contributed by atoms with Crippen molar-refractivity contribution < 1.29 is 13.6 Å². The number of thiazole rings is 1. The summed E-state index contributed by atoms with van der Waals surface area (Å²) in [5.41, 5.74) is -0.235. The molecule has 0 aliphatic carbocycles. The lowest BCUT2D eigenvalue weighted by Gasteiger charge is -2.08. The van der Waals surface area contributed by atoms with Gasteiger partial charge in [0.1, 0.15) is 5.69 Å². The molecule has 0 spiro atoms. The van der Waals surface area contributed by atoms with E-state index >= 15 is 0 Å². The van der Waals surface area contributed by atoms with Crippen molar-refractivity contribution in [3.8, 4) is 0 Å². The minimum atomic E-state index is -2.91. The Bertz CT molecular complexity index is 401. The molecule has 0 aliphatic heterocycles. The lowest BCUT2D eigenvalue weighted by atomic mass is 10.2. The zero-order valence-corrected chi connectivity index (χ0v) is 11.4. The summed E-state index contributed by atoms with van der Waals surface area (Å²) in [5.74, 6) is -3.01. The normalized spacial score (nSPS) is 11.7. The molecule has 18 heavy (non-hydrogen) atoms. The van der Waals surface area contributed by atoms with Gasteiger partial charge in [-0.05, 0) is 0 Å². The number of hydrogen-bond acceptors (Lipinski definition) is 4. The Balaban J connectivity index is 2.32. The van der Waals surface area contributed by atoms with Crippen LogP contribution in [0.15, 0.2) is 5.38 Å². The average Bonchev–Trinajstić information content (AvgIpc) is 2.72. The molecule has 0 aliphatic rings. The molecule has 1 aromatic heterocycles. The third-order valence-corrected chi connectivity index (χ3v) is 2.98. The van der Waals surface area contributed by atoms with Crippen molar-refractivity contribution in [1.29, 1.82) is 0 Å². The van der Waals surface area contributed by atoms with Gasteiger partial charge in [-0.1, -0.05) is 13.8 Å². The Morgan fingerprint density at radius 1 is 1.50 bits per heavy atom. The number of carbonyl (C=O) groups excluding carboxylic acids is 1. The van der Waals surface area contributed by atoms with Crippen LogP contribution in [0.3, 0.4) is 0 Å². The summed E-state index contributed by atoms with van der Waals surface area (Å²) in [5, 5.41) is 7.37. The quantitative estimate of drug-likeness (QED) is 0.785. The molecule has 0 radical (unpaired) electrons. The van der Waals surface area contributed by atoms with Gasteiger partial charge in [-0.3, -0.25) is 4.79 Å². The maximum Gasteiger partial charge on any atom is 0.287 e. The molecule has 4 nitrogen and oxygen atoms in total. The monoisotopic (exact) mass is 277 g/mol. The van der Waals surface area contributed by atoms with Gasteiger partial charge in [0, 0.05) is 31.3 Å². The van der Waals surface area contributed by atoms with Gasteiger partial charge < -0.3 is 10.6 Å². The molecule has 0 unspecified atom stereocenters. The number of amides is 1. The van der Waals surface area contributed by atoms with Gasteiger partial charge in [0.05, 0.1) is 0 Å². The molecule has 1 aromatic rings. The van der Waals surface area contributed by atoms with Crippen LogP contribution in [0.5, 0.6) is 0 Å². The summed E-state index contributed by atoms with van der Waals surface area (Å²) in [6.07, 6.45) is 0. The van der Waals surface area contributed by atoms with Crippen molar-refractivity contribution in [2.45, 2.75) is 26.7 Å². The molecule has 0 bridgehead atoms. The first-order chi connectivity index (χ1) is 8.30. The van der Waals surface area contributed by atoms with Gasteiger partial charge in [0.15, 0.2) is 5.13 Å². The van der Waals surface area contributed by atoms with Gasteiger partial charge in [0.25, 0.3) is 5.92 Å². The Labute approximate surface area is 109 Å². The second-order valence-corrected chi connectivity index (χ2v) is 5.16. The van der Waals surface area contributed by atoms with Crippen LogP contribution in [0.25, 0.3) is 0 Å². The van der Waals surface area contributed by atoms with Crippen molar-refractivity contribution in [1.82, 2.24) is 10.3 Å². The summed E-state index contributed by atoms with van der Waals surface area (Å²) in [4.78, 5) is 15.0. The Morgan fingerprint density at radius 3 is 2.67 bits per heavy atom. The van der Waals surface area contributed by atoms with E-state index in [2.05, 4.69) is 15.6 Å². The summed E-state index contributed by atoms with van der Waals surface area (Å²) in [6.45, 7) is 5.32. The number of nitrogens with zero attached hydrogens (tertiary/aromatic N) is 1. The molecular formula is C11H17F2N3OS. The first-order valence-corrected chi connectivity index (χ1v) is 6.54. The van der Waals surface area contributed by atoms with Crippen molar-refractivity contribution in [2.75, 3.05) is 18.4 Å². The molecule has 102 valence electrons. The van der Waals surface area contributed by atoms with Crippen LogP contribution in [0.4, 0.5) is 13.9 Å². The van der Waals surface area contributed by atoms with Gasteiger partial charge in [-0.2, -0.15) is 8.78 Å².